The van der Waals surface area contributed by atoms with Gasteiger partial charge in [-0.3, -0.25) is 23.5 Å². The minimum absolute atomic E-state index is 0. The van der Waals surface area contributed by atoms with Gasteiger partial charge >= 0.3 is 0 Å². The molecule has 25 heteroatoms. The van der Waals surface area contributed by atoms with Crippen LogP contribution in [0.25, 0.3) is 0 Å². The first-order chi connectivity index (χ1) is 23.1. The van der Waals surface area contributed by atoms with Crippen molar-refractivity contribution in [2.24, 2.45) is 0 Å². The van der Waals surface area contributed by atoms with E-state index in [0.717, 1.165) is 60.7 Å². The smallest absolute Gasteiger partial charge is 0.162 e. The third-order valence-electron chi connectivity index (χ3n) is 5.01. The molecule has 0 unspecified atom stereocenters. The Bertz CT molecular complexity index is 1510. The molecule has 5 rings (SSSR count). The number of rotatable bonds is 0. The van der Waals surface area contributed by atoms with Gasteiger partial charge in [0.25, 0.3) is 0 Å². The second-order valence-electron chi connectivity index (χ2n) is 8.36. The van der Waals surface area contributed by atoms with Crippen molar-refractivity contribution in [1.82, 2.24) is 0 Å². The molecule has 0 heterocycles. The van der Waals surface area contributed by atoms with E-state index in [2.05, 4.69) is 63.1 Å². The third kappa shape index (κ3) is 18.6. The summed E-state index contributed by atoms with van der Waals surface area (Å²) in [5, 5.41) is -0.734. The molecule has 0 saturated carbocycles. The molecule has 0 aliphatic heterocycles. The normalized spacial score (nSPS) is 9.00. The summed E-state index contributed by atoms with van der Waals surface area (Å²) in [6.07, 6.45) is 0. The second-order valence-corrected chi connectivity index (χ2v) is 12.4. The quantitative estimate of drug-likeness (QED) is 0.107. The van der Waals surface area contributed by atoms with Gasteiger partial charge in [0.2, 0.25) is 0 Å². The Balaban J connectivity index is -0.000000185. The van der Waals surface area contributed by atoms with E-state index in [1.165, 1.54) is 0 Å². The summed E-state index contributed by atoms with van der Waals surface area (Å²) in [4.78, 5) is -2.26. The first kappa shape index (κ1) is 61.8. The molecule has 0 bridgehead atoms. The van der Waals surface area contributed by atoms with Crippen LogP contribution in [0, 0.1) is 58.2 Å². The van der Waals surface area contributed by atoms with Crippen LogP contribution in [-0.2, 0) is 0 Å². The number of hydrogen-bond acceptors (Lipinski definition) is 0. The van der Waals surface area contributed by atoms with Crippen LogP contribution in [0.2, 0.25) is 25.1 Å². The van der Waals surface area contributed by atoms with Crippen molar-refractivity contribution in [1.29, 1.82) is 0 Å². The lowest BCUT2D eigenvalue weighted by molar-refractivity contribution is 0.541. The summed E-state index contributed by atoms with van der Waals surface area (Å²) in [6.45, 7) is 0. The van der Waals surface area contributed by atoms with Crippen LogP contribution < -0.4 is 0 Å². The molecule has 0 aromatic heterocycles. The maximum atomic E-state index is 12.5. The van der Waals surface area contributed by atoms with Crippen LogP contribution in [0.3, 0.4) is 0 Å². The number of benzene rings is 5. The van der Waals surface area contributed by atoms with Gasteiger partial charge in [0.05, 0.1) is 25.1 Å². The number of halogens is 20. The average molecular weight is 998 g/mol. The topological polar surface area (TPSA) is 0 Å². The molecule has 0 spiro atoms. The van der Waals surface area contributed by atoms with E-state index in [9.17, 15) is 43.9 Å². The zero-order valence-electron chi connectivity index (χ0n) is 25.5. The first-order valence-corrected chi connectivity index (χ1v) is 16.1. The van der Waals surface area contributed by atoms with E-state index >= 15 is 0 Å². The Morgan fingerprint density at radius 2 is 0.364 bits per heavy atom. The van der Waals surface area contributed by atoms with Gasteiger partial charge in [-0.1, -0.05) is 121 Å². The Kier molecular flexibility index (Phi) is 32.5. The van der Waals surface area contributed by atoms with Gasteiger partial charge in [0, 0.05) is 0 Å². The maximum absolute atomic E-state index is 12.5. The summed E-state index contributed by atoms with van der Waals surface area (Å²) >= 11 is 48.1. The maximum Gasteiger partial charge on any atom is 0.162 e. The highest BCUT2D eigenvalue weighted by molar-refractivity contribution is 7.81. The van der Waals surface area contributed by atoms with Crippen molar-refractivity contribution in [2.75, 3.05) is 0 Å². The lowest BCUT2D eigenvalue weighted by Gasteiger charge is -1.96. The minimum atomic E-state index is -0.864. The van der Waals surface area contributed by atoms with Crippen LogP contribution in [0.5, 0.6) is 0 Å². The third-order valence-corrected chi connectivity index (χ3v) is 8.34. The van der Waals surface area contributed by atoms with E-state index < -0.39 is 82.6 Å². The molecular formula is C30H15Cl5F15S5. The van der Waals surface area contributed by atoms with Gasteiger partial charge < -0.3 is 0 Å². The fraction of sp³-hybridized carbons (Fsp3) is 0. The molecule has 0 nitrogen and oxygen atoms in total. The Hall–Kier alpha value is -2.40. The van der Waals surface area contributed by atoms with Crippen LogP contribution in [0.15, 0.2) is 85.1 Å². The van der Waals surface area contributed by atoms with Crippen molar-refractivity contribution in [3.05, 3.63) is 144 Å². The Labute approximate surface area is 354 Å². The van der Waals surface area contributed by atoms with Crippen molar-refractivity contribution in [2.45, 2.75) is 24.5 Å². The first-order valence-electron chi connectivity index (χ1n) is 12.2. The van der Waals surface area contributed by atoms with E-state index in [1.807, 2.05) is 0 Å². The molecule has 0 fully saturated rings. The highest BCUT2D eigenvalue weighted by atomic mass is 35.5. The van der Waals surface area contributed by atoms with Gasteiger partial charge in [-0.2, -0.15) is 0 Å². The Morgan fingerprint density at radius 3 is 0.455 bits per heavy atom. The van der Waals surface area contributed by atoms with Crippen molar-refractivity contribution < 1.29 is 67.4 Å². The molecule has 0 N–H and O–H groups in total. The number of hydrogen-bond donors (Lipinski definition) is 0. The summed E-state index contributed by atoms with van der Waals surface area (Å²) < 4.78 is 124. The van der Waals surface area contributed by atoms with Gasteiger partial charge in [-0.05, 0) is 60.7 Å². The van der Waals surface area contributed by atoms with E-state index in [0.29, 0.717) is 0 Å². The lowest BCUT2D eigenvalue weighted by atomic mass is 10.3. The summed E-state index contributed by atoms with van der Waals surface area (Å²) in [5.41, 5.74) is 0. The largest absolute Gasteiger partial charge is 0.269 e. The monoisotopic (exact) mass is 995 g/mol. The van der Waals surface area contributed by atoms with Gasteiger partial charge in [0.15, 0.2) is 29.1 Å². The molecule has 0 aliphatic carbocycles. The second kappa shape index (κ2) is 28.9. The summed E-state index contributed by atoms with van der Waals surface area (Å²) in [6, 6.07) is 10.8. The standard InChI is InChI=1S/5C6H2ClF2S.5FH/c5*7-3-1-2-4(8)6(10)5(3)9;;;;;/h5*1-2H;5*1H. The predicted molar refractivity (Wildman–Crippen MR) is 199 cm³/mol. The average Bonchev–Trinajstić information content (AvgIpc) is 3.10. The van der Waals surface area contributed by atoms with Gasteiger partial charge in [-0.15, -0.1) is 0 Å². The summed E-state index contributed by atoms with van der Waals surface area (Å²) in [5.74, 6) is -8.09. The molecular weight excluding hydrogens is 983 g/mol. The molecule has 55 heavy (non-hydrogen) atoms. The lowest BCUT2D eigenvalue weighted by Crippen LogP contribution is -1.84. The van der Waals surface area contributed by atoms with Crippen LogP contribution in [0.4, 0.5) is 67.4 Å². The van der Waals surface area contributed by atoms with E-state index in [1.54, 1.807) is 0 Å². The van der Waals surface area contributed by atoms with Crippen LogP contribution >= 0.6 is 121 Å². The predicted octanol–water partition coefficient (Wildman–Crippen LogP) is 16.6. The van der Waals surface area contributed by atoms with E-state index in [4.69, 9.17) is 58.0 Å². The van der Waals surface area contributed by atoms with Crippen LogP contribution in [0.1, 0.15) is 0 Å². The van der Waals surface area contributed by atoms with E-state index in [-0.39, 0.29) is 48.6 Å². The molecule has 5 aromatic rings. The highest BCUT2D eigenvalue weighted by Gasteiger charge is 2.12. The van der Waals surface area contributed by atoms with Crippen molar-refractivity contribution in [3.63, 3.8) is 0 Å². The Morgan fingerprint density at radius 1 is 0.255 bits per heavy atom. The van der Waals surface area contributed by atoms with Gasteiger partial charge in [0.1, 0.15) is 53.6 Å². The molecule has 0 aliphatic rings. The zero-order chi connectivity index (χ0) is 38.6. The molecule has 5 radical (unpaired) electrons. The SMILES string of the molecule is F.F.F.F.F.Fc1ccc(Cl)c(F)c1[S].Fc1ccc(Cl)c(F)c1[S].Fc1ccc(Cl)c(F)c1[S].Fc1ccc(Cl)c(F)c1[S].Fc1ccc(Cl)c(F)c1[S]. The van der Waals surface area contributed by atoms with Gasteiger partial charge in [-0.25, -0.2) is 43.9 Å². The molecule has 0 atom stereocenters. The zero-order valence-corrected chi connectivity index (χ0v) is 33.4. The summed E-state index contributed by atoms with van der Waals surface area (Å²) in [7, 11) is 0. The fourth-order valence-corrected chi connectivity index (χ4v) is 4.50. The molecule has 5 aromatic carbocycles. The minimum Gasteiger partial charge on any atom is -0.269 e. The molecule has 0 saturated heterocycles. The fourth-order valence-electron chi connectivity index (χ4n) is 2.54. The molecule has 0 amide bonds. The van der Waals surface area contributed by atoms with Crippen molar-refractivity contribution in [3.8, 4) is 0 Å². The van der Waals surface area contributed by atoms with Crippen LogP contribution in [-0.4, -0.2) is 0 Å². The highest BCUT2D eigenvalue weighted by Crippen LogP contribution is 2.26. The molecule has 305 valence electrons. The van der Waals surface area contributed by atoms with Crippen molar-refractivity contribution >= 4 is 121 Å².